The van der Waals surface area contributed by atoms with Crippen LogP contribution in [0.5, 0.6) is 0 Å². The molecule has 8 heteroatoms. The molecular formula is C19H28FN5O2. The van der Waals surface area contributed by atoms with Gasteiger partial charge in [-0.1, -0.05) is 19.0 Å². The van der Waals surface area contributed by atoms with Gasteiger partial charge in [0.05, 0.1) is 19.2 Å². The first-order valence-corrected chi connectivity index (χ1v) is 9.44. The molecule has 1 saturated heterocycles. The maximum atomic E-state index is 13.7. The second kappa shape index (κ2) is 6.86. The molecule has 2 aliphatic rings. The molecule has 3 rings (SSSR count). The molecule has 1 amide bonds. The molecule has 1 aliphatic carbocycles. The molecule has 0 spiro atoms. The molecule has 2 fully saturated rings. The number of halogens is 1. The largest absolute Gasteiger partial charge is 0.340 e. The van der Waals surface area contributed by atoms with Gasteiger partial charge in [-0.05, 0) is 32.2 Å². The van der Waals surface area contributed by atoms with Crippen molar-refractivity contribution >= 4 is 5.91 Å². The molecule has 1 aromatic rings. The number of nitrogens with zero attached hydrogens (tertiary/aromatic N) is 5. The molecule has 1 aromatic heterocycles. The summed E-state index contributed by atoms with van der Waals surface area (Å²) >= 11 is 0. The van der Waals surface area contributed by atoms with Crippen LogP contribution in [-0.4, -0.2) is 63.7 Å². The van der Waals surface area contributed by atoms with Crippen molar-refractivity contribution in [1.82, 2.24) is 19.9 Å². The van der Waals surface area contributed by atoms with E-state index in [-0.39, 0.29) is 42.3 Å². The maximum Gasteiger partial charge on any atom is 0.237 e. The number of hydrogen-bond donors (Lipinski definition) is 0. The zero-order chi connectivity index (χ0) is 20.0. The van der Waals surface area contributed by atoms with Crippen LogP contribution in [0.25, 0.3) is 0 Å². The minimum atomic E-state index is -1.12. The summed E-state index contributed by atoms with van der Waals surface area (Å²) in [4.78, 5) is 20.6. The van der Waals surface area contributed by atoms with Crippen LogP contribution in [0.1, 0.15) is 57.7 Å². The molecule has 1 aliphatic heterocycles. The SMILES string of the molecule is Cc1nc([C@H]2CC[C@](C)(N(C)CC(=O)N3C[C@@H](F)C[C@H]3C#N)C2(C)C)no1. The number of hydrogen-bond acceptors (Lipinski definition) is 6. The molecule has 0 aromatic carbocycles. The van der Waals surface area contributed by atoms with Gasteiger partial charge in [0.2, 0.25) is 11.8 Å². The van der Waals surface area contributed by atoms with Crippen molar-refractivity contribution in [3.8, 4) is 6.07 Å². The van der Waals surface area contributed by atoms with Crippen molar-refractivity contribution in [2.75, 3.05) is 20.1 Å². The van der Waals surface area contributed by atoms with Crippen molar-refractivity contribution in [3.05, 3.63) is 11.7 Å². The highest BCUT2D eigenvalue weighted by atomic mass is 19.1. The van der Waals surface area contributed by atoms with E-state index >= 15 is 0 Å². The fraction of sp³-hybridized carbons (Fsp3) is 0.789. The lowest BCUT2D eigenvalue weighted by Crippen LogP contribution is -2.55. The lowest BCUT2D eigenvalue weighted by molar-refractivity contribution is -0.134. The van der Waals surface area contributed by atoms with Gasteiger partial charge in [0.25, 0.3) is 0 Å². The average Bonchev–Trinajstić information content (AvgIpc) is 3.25. The first-order valence-electron chi connectivity index (χ1n) is 9.44. The topological polar surface area (TPSA) is 86.3 Å². The number of carbonyl (C=O) groups is 1. The maximum absolute atomic E-state index is 13.7. The number of alkyl halides is 1. The number of likely N-dealkylation sites (N-methyl/N-ethyl adjacent to an activating group) is 1. The van der Waals surface area contributed by atoms with Crippen LogP contribution in [0.2, 0.25) is 0 Å². The third-order valence-electron chi connectivity index (χ3n) is 6.97. The van der Waals surface area contributed by atoms with E-state index < -0.39 is 12.2 Å². The molecule has 148 valence electrons. The monoisotopic (exact) mass is 377 g/mol. The van der Waals surface area contributed by atoms with E-state index in [0.29, 0.717) is 11.7 Å². The van der Waals surface area contributed by atoms with Gasteiger partial charge in [-0.3, -0.25) is 9.69 Å². The lowest BCUT2D eigenvalue weighted by Gasteiger charge is -2.47. The summed E-state index contributed by atoms with van der Waals surface area (Å²) in [5.41, 5.74) is -0.459. The minimum Gasteiger partial charge on any atom is -0.340 e. The van der Waals surface area contributed by atoms with E-state index in [1.807, 2.05) is 18.0 Å². The second-order valence-electron chi connectivity index (χ2n) is 8.64. The van der Waals surface area contributed by atoms with Crippen LogP contribution >= 0.6 is 0 Å². The van der Waals surface area contributed by atoms with Gasteiger partial charge in [-0.25, -0.2) is 4.39 Å². The average molecular weight is 377 g/mol. The number of rotatable bonds is 4. The van der Waals surface area contributed by atoms with E-state index in [2.05, 4.69) is 30.9 Å². The smallest absolute Gasteiger partial charge is 0.237 e. The Morgan fingerprint density at radius 2 is 2.19 bits per heavy atom. The Morgan fingerprint density at radius 1 is 1.48 bits per heavy atom. The predicted octanol–water partition coefficient (Wildman–Crippen LogP) is 2.43. The fourth-order valence-electron chi connectivity index (χ4n) is 4.73. The van der Waals surface area contributed by atoms with Crippen molar-refractivity contribution in [2.24, 2.45) is 5.41 Å². The molecule has 0 unspecified atom stereocenters. The van der Waals surface area contributed by atoms with E-state index in [1.54, 1.807) is 6.92 Å². The van der Waals surface area contributed by atoms with E-state index in [0.717, 1.165) is 12.8 Å². The Hall–Kier alpha value is -2.01. The zero-order valence-corrected chi connectivity index (χ0v) is 16.7. The normalized spacial score (nSPS) is 32.8. The number of nitriles is 1. The van der Waals surface area contributed by atoms with Crippen LogP contribution in [0, 0.1) is 23.7 Å². The van der Waals surface area contributed by atoms with E-state index in [9.17, 15) is 14.4 Å². The van der Waals surface area contributed by atoms with Gasteiger partial charge in [-0.2, -0.15) is 10.2 Å². The van der Waals surface area contributed by atoms with Crippen LogP contribution in [0.3, 0.4) is 0 Å². The molecule has 1 saturated carbocycles. The Kier molecular flexibility index (Phi) is 5.02. The number of aryl methyl sites for hydroxylation is 1. The lowest BCUT2D eigenvalue weighted by atomic mass is 9.70. The molecule has 0 radical (unpaired) electrons. The summed E-state index contributed by atoms with van der Waals surface area (Å²) in [6.07, 6.45) is 0.773. The molecule has 0 N–H and O–H groups in total. The highest BCUT2D eigenvalue weighted by Gasteiger charge is 2.55. The Labute approximate surface area is 159 Å². The molecule has 27 heavy (non-hydrogen) atoms. The highest BCUT2D eigenvalue weighted by Crippen LogP contribution is 2.56. The van der Waals surface area contributed by atoms with Gasteiger partial charge in [0.15, 0.2) is 5.82 Å². The minimum absolute atomic E-state index is 0.00969. The fourth-order valence-corrected chi connectivity index (χ4v) is 4.73. The molecule has 7 nitrogen and oxygen atoms in total. The first-order chi connectivity index (χ1) is 12.6. The summed E-state index contributed by atoms with van der Waals surface area (Å²) in [6.45, 7) is 8.43. The third-order valence-corrected chi connectivity index (χ3v) is 6.97. The Balaban J connectivity index is 1.75. The van der Waals surface area contributed by atoms with Gasteiger partial charge in [0, 0.05) is 24.8 Å². The standard InChI is InChI=1S/C19H28FN5O2/c1-12-22-17(23-27-12)15-6-7-19(4,18(15,2)3)24(5)11-16(26)25-10-13(20)8-14(25)9-21/h13-15H,6-8,10-11H2,1-5H3/t13-,14-,15+,19-/m0/s1. The van der Waals surface area contributed by atoms with Crippen molar-refractivity contribution in [2.45, 2.75) is 70.6 Å². The summed E-state index contributed by atoms with van der Waals surface area (Å²) in [5.74, 6) is 1.20. The van der Waals surface area contributed by atoms with E-state index in [4.69, 9.17) is 4.52 Å². The van der Waals surface area contributed by atoms with Gasteiger partial charge >= 0.3 is 0 Å². The summed E-state index contributed by atoms with van der Waals surface area (Å²) < 4.78 is 18.8. The number of aromatic nitrogens is 2. The molecule has 0 bridgehead atoms. The highest BCUT2D eigenvalue weighted by molar-refractivity contribution is 5.79. The van der Waals surface area contributed by atoms with Gasteiger partial charge in [-0.15, -0.1) is 0 Å². The summed E-state index contributed by atoms with van der Waals surface area (Å²) in [5, 5.41) is 13.3. The molecular weight excluding hydrogens is 349 g/mol. The Morgan fingerprint density at radius 3 is 2.78 bits per heavy atom. The quantitative estimate of drug-likeness (QED) is 0.801. The zero-order valence-electron chi connectivity index (χ0n) is 16.7. The summed E-state index contributed by atoms with van der Waals surface area (Å²) in [6, 6.07) is 1.38. The second-order valence-corrected chi connectivity index (χ2v) is 8.64. The summed E-state index contributed by atoms with van der Waals surface area (Å²) in [7, 11) is 1.92. The van der Waals surface area contributed by atoms with Gasteiger partial charge < -0.3 is 9.42 Å². The van der Waals surface area contributed by atoms with Crippen LogP contribution in [0.15, 0.2) is 4.52 Å². The Bertz CT molecular complexity index is 758. The van der Waals surface area contributed by atoms with E-state index in [1.165, 1.54) is 4.90 Å². The predicted molar refractivity (Wildman–Crippen MR) is 96.5 cm³/mol. The van der Waals surface area contributed by atoms with Crippen LogP contribution < -0.4 is 0 Å². The number of carbonyl (C=O) groups excluding carboxylic acids is 1. The van der Waals surface area contributed by atoms with Crippen molar-refractivity contribution in [1.29, 1.82) is 5.26 Å². The van der Waals surface area contributed by atoms with Crippen LogP contribution in [0.4, 0.5) is 4.39 Å². The molecule has 2 heterocycles. The van der Waals surface area contributed by atoms with Crippen LogP contribution in [-0.2, 0) is 4.79 Å². The van der Waals surface area contributed by atoms with Crippen molar-refractivity contribution < 1.29 is 13.7 Å². The third kappa shape index (κ3) is 3.22. The molecule has 4 atom stereocenters. The van der Waals surface area contributed by atoms with Gasteiger partial charge in [0.1, 0.15) is 12.2 Å². The first kappa shape index (κ1) is 19.7. The van der Waals surface area contributed by atoms with Crippen molar-refractivity contribution in [3.63, 3.8) is 0 Å². The number of likely N-dealkylation sites (tertiary alicyclic amines) is 1. The number of amides is 1.